The van der Waals surface area contributed by atoms with Gasteiger partial charge in [0.05, 0.1) is 13.5 Å². The summed E-state index contributed by atoms with van der Waals surface area (Å²) in [6.45, 7) is 2.00. The van der Waals surface area contributed by atoms with E-state index in [9.17, 15) is 4.79 Å². The zero-order valence-corrected chi connectivity index (χ0v) is 12.2. The van der Waals surface area contributed by atoms with Gasteiger partial charge in [-0.05, 0) is 48.4 Å². The minimum Gasteiger partial charge on any atom is -0.497 e. The van der Waals surface area contributed by atoms with Gasteiger partial charge in [0.2, 0.25) is 0 Å². The van der Waals surface area contributed by atoms with E-state index in [-0.39, 0.29) is 6.42 Å². The van der Waals surface area contributed by atoms with E-state index < -0.39 is 5.97 Å². The van der Waals surface area contributed by atoms with Crippen molar-refractivity contribution in [3.63, 3.8) is 0 Å². The van der Waals surface area contributed by atoms with Crippen molar-refractivity contribution in [2.75, 3.05) is 7.11 Å². The molecule has 0 aliphatic heterocycles. The molecule has 0 aliphatic rings. The predicted molar refractivity (Wildman–Crippen MR) is 79.6 cm³/mol. The molecule has 1 N–H and O–H groups in total. The molecule has 0 fully saturated rings. The van der Waals surface area contributed by atoms with Gasteiger partial charge in [-0.15, -0.1) is 0 Å². The number of hydrogen-bond donors (Lipinski definition) is 1. The lowest BCUT2D eigenvalue weighted by Crippen LogP contribution is -2.00. The van der Waals surface area contributed by atoms with E-state index in [4.69, 9.17) is 9.84 Å². The number of rotatable bonds is 5. The first-order valence-corrected chi connectivity index (χ1v) is 7.03. The Morgan fingerprint density at radius 3 is 2.45 bits per heavy atom. The molecule has 2 aromatic rings. The average molecular weight is 288 g/mol. The van der Waals surface area contributed by atoms with Crippen LogP contribution in [-0.4, -0.2) is 18.2 Å². The molecule has 3 nitrogen and oxygen atoms in total. The SMILES string of the molecule is COc1ccc(Sc2ccc(CC(=O)O)cc2C)cc1. The van der Waals surface area contributed by atoms with Gasteiger partial charge in [-0.2, -0.15) is 0 Å². The van der Waals surface area contributed by atoms with Gasteiger partial charge in [-0.1, -0.05) is 23.9 Å². The van der Waals surface area contributed by atoms with Crippen LogP contribution in [0.15, 0.2) is 52.3 Å². The van der Waals surface area contributed by atoms with E-state index in [1.165, 1.54) is 0 Å². The van der Waals surface area contributed by atoms with Crippen molar-refractivity contribution in [3.8, 4) is 5.75 Å². The molecule has 104 valence electrons. The summed E-state index contributed by atoms with van der Waals surface area (Å²) in [5.41, 5.74) is 1.92. The lowest BCUT2D eigenvalue weighted by Gasteiger charge is -2.08. The van der Waals surface area contributed by atoms with Crippen LogP contribution in [0.25, 0.3) is 0 Å². The molecule has 20 heavy (non-hydrogen) atoms. The molecular weight excluding hydrogens is 272 g/mol. The highest BCUT2D eigenvalue weighted by atomic mass is 32.2. The van der Waals surface area contributed by atoms with Gasteiger partial charge in [-0.3, -0.25) is 4.79 Å². The Morgan fingerprint density at radius 1 is 1.20 bits per heavy atom. The zero-order chi connectivity index (χ0) is 14.5. The molecule has 0 heterocycles. The Labute approximate surface area is 122 Å². The summed E-state index contributed by atoms with van der Waals surface area (Å²) in [5, 5.41) is 8.79. The van der Waals surface area contributed by atoms with Gasteiger partial charge in [0.1, 0.15) is 5.75 Å². The number of methoxy groups -OCH3 is 1. The van der Waals surface area contributed by atoms with Crippen molar-refractivity contribution in [2.24, 2.45) is 0 Å². The fraction of sp³-hybridized carbons (Fsp3) is 0.188. The summed E-state index contributed by atoms with van der Waals surface area (Å²) in [5.74, 6) is 0.0304. The molecule has 0 spiro atoms. The second-order valence-corrected chi connectivity index (χ2v) is 5.56. The number of carboxylic acid groups (broad SMARTS) is 1. The summed E-state index contributed by atoms with van der Waals surface area (Å²) in [7, 11) is 1.65. The molecule has 0 atom stereocenters. The number of aliphatic carboxylic acids is 1. The molecule has 2 rings (SSSR count). The lowest BCUT2D eigenvalue weighted by atomic mass is 10.1. The van der Waals surface area contributed by atoms with E-state index in [2.05, 4.69) is 0 Å². The van der Waals surface area contributed by atoms with Crippen LogP contribution < -0.4 is 4.74 Å². The van der Waals surface area contributed by atoms with Crippen LogP contribution in [0.2, 0.25) is 0 Å². The number of carboxylic acids is 1. The highest BCUT2D eigenvalue weighted by Gasteiger charge is 2.05. The molecule has 4 heteroatoms. The maximum Gasteiger partial charge on any atom is 0.307 e. The number of aryl methyl sites for hydroxylation is 1. The monoisotopic (exact) mass is 288 g/mol. The molecular formula is C16H16O3S. The highest BCUT2D eigenvalue weighted by Crippen LogP contribution is 2.31. The fourth-order valence-electron chi connectivity index (χ4n) is 1.88. The van der Waals surface area contributed by atoms with Crippen LogP contribution in [0.4, 0.5) is 0 Å². The van der Waals surface area contributed by atoms with Crippen molar-refractivity contribution in [3.05, 3.63) is 53.6 Å². The number of benzene rings is 2. The first-order chi connectivity index (χ1) is 9.58. The van der Waals surface area contributed by atoms with Crippen molar-refractivity contribution in [1.82, 2.24) is 0 Å². The Hall–Kier alpha value is -1.94. The molecule has 0 saturated heterocycles. The molecule has 0 unspecified atom stereocenters. The molecule has 0 aliphatic carbocycles. The standard InChI is InChI=1S/C16H16O3S/c1-11-9-12(10-16(17)18)3-8-15(11)20-14-6-4-13(19-2)5-7-14/h3-9H,10H2,1-2H3,(H,17,18). The summed E-state index contributed by atoms with van der Waals surface area (Å²) in [4.78, 5) is 13.0. The lowest BCUT2D eigenvalue weighted by molar-refractivity contribution is -0.136. The molecule has 0 saturated carbocycles. The largest absolute Gasteiger partial charge is 0.497 e. The Balaban J connectivity index is 2.14. The minimum absolute atomic E-state index is 0.0638. The predicted octanol–water partition coefficient (Wildman–Crippen LogP) is 3.78. The molecule has 2 aromatic carbocycles. The van der Waals surface area contributed by atoms with Gasteiger partial charge >= 0.3 is 5.97 Å². The highest BCUT2D eigenvalue weighted by molar-refractivity contribution is 7.99. The van der Waals surface area contributed by atoms with Crippen LogP contribution in [0.1, 0.15) is 11.1 Å². The van der Waals surface area contributed by atoms with Crippen molar-refractivity contribution in [1.29, 1.82) is 0 Å². The summed E-state index contributed by atoms with van der Waals surface area (Å²) < 4.78 is 5.13. The smallest absolute Gasteiger partial charge is 0.307 e. The van der Waals surface area contributed by atoms with Gasteiger partial charge in [-0.25, -0.2) is 0 Å². The molecule has 0 bridgehead atoms. The van der Waals surface area contributed by atoms with Crippen molar-refractivity contribution >= 4 is 17.7 Å². The molecule has 0 radical (unpaired) electrons. The van der Waals surface area contributed by atoms with E-state index >= 15 is 0 Å². The second-order valence-electron chi connectivity index (χ2n) is 4.45. The number of carbonyl (C=O) groups is 1. The van der Waals surface area contributed by atoms with Crippen molar-refractivity contribution in [2.45, 2.75) is 23.1 Å². The maximum atomic E-state index is 10.7. The van der Waals surface area contributed by atoms with Gasteiger partial charge in [0.15, 0.2) is 0 Å². The molecule has 0 amide bonds. The average Bonchev–Trinajstić information content (AvgIpc) is 2.42. The zero-order valence-electron chi connectivity index (χ0n) is 11.4. The van der Waals surface area contributed by atoms with E-state index in [0.717, 1.165) is 26.7 Å². The van der Waals surface area contributed by atoms with Crippen LogP contribution >= 0.6 is 11.8 Å². The number of hydrogen-bond acceptors (Lipinski definition) is 3. The van der Waals surface area contributed by atoms with Crippen LogP contribution in [0.5, 0.6) is 5.75 Å². The van der Waals surface area contributed by atoms with Gasteiger partial charge in [0, 0.05) is 9.79 Å². The summed E-state index contributed by atoms with van der Waals surface area (Å²) in [6, 6.07) is 13.6. The van der Waals surface area contributed by atoms with E-state index in [0.29, 0.717) is 0 Å². The molecule has 0 aromatic heterocycles. The van der Waals surface area contributed by atoms with Crippen LogP contribution in [0.3, 0.4) is 0 Å². The Bertz CT molecular complexity index is 606. The third-order valence-electron chi connectivity index (χ3n) is 2.88. The van der Waals surface area contributed by atoms with E-state index in [1.54, 1.807) is 18.9 Å². The second kappa shape index (κ2) is 6.48. The Kier molecular flexibility index (Phi) is 4.69. The normalized spacial score (nSPS) is 10.3. The first-order valence-electron chi connectivity index (χ1n) is 6.21. The topological polar surface area (TPSA) is 46.5 Å². The Morgan fingerprint density at radius 2 is 1.90 bits per heavy atom. The van der Waals surface area contributed by atoms with E-state index in [1.807, 2.05) is 49.4 Å². The van der Waals surface area contributed by atoms with Crippen molar-refractivity contribution < 1.29 is 14.6 Å². The fourth-order valence-corrected chi connectivity index (χ4v) is 2.76. The van der Waals surface area contributed by atoms with Gasteiger partial charge < -0.3 is 9.84 Å². The number of ether oxygens (including phenoxy) is 1. The summed E-state index contributed by atoms with van der Waals surface area (Å²) in [6.07, 6.45) is 0.0638. The third-order valence-corrected chi connectivity index (χ3v) is 4.07. The first kappa shape index (κ1) is 14.5. The third kappa shape index (κ3) is 3.78. The van der Waals surface area contributed by atoms with Gasteiger partial charge in [0.25, 0.3) is 0 Å². The van der Waals surface area contributed by atoms with Crippen LogP contribution in [0, 0.1) is 6.92 Å². The minimum atomic E-state index is -0.806. The van der Waals surface area contributed by atoms with Crippen LogP contribution in [-0.2, 0) is 11.2 Å². The summed E-state index contributed by atoms with van der Waals surface area (Å²) >= 11 is 1.66. The quantitative estimate of drug-likeness (QED) is 0.909. The maximum absolute atomic E-state index is 10.7.